The lowest BCUT2D eigenvalue weighted by Gasteiger charge is -2.22. The molecule has 146 valence electrons. The first-order valence-corrected chi connectivity index (χ1v) is 8.97. The Kier molecular flexibility index (Phi) is 3.76. The fraction of sp³-hybridized carbons (Fsp3) is 0.200. The van der Waals surface area contributed by atoms with Crippen LogP contribution < -0.4 is 14.8 Å². The minimum atomic E-state index is -1.24. The van der Waals surface area contributed by atoms with Crippen LogP contribution in [-0.2, 0) is 16.9 Å². The van der Waals surface area contributed by atoms with Crippen molar-refractivity contribution in [3.8, 4) is 23.0 Å². The van der Waals surface area contributed by atoms with Crippen molar-refractivity contribution in [1.82, 2.24) is 20.4 Å². The van der Waals surface area contributed by atoms with E-state index in [0.717, 1.165) is 10.5 Å². The lowest BCUT2D eigenvalue weighted by Crippen LogP contribution is -2.40. The van der Waals surface area contributed by atoms with Gasteiger partial charge in [0.05, 0.1) is 0 Å². The van der Waals surface area contributed by atoms with E-state index in [4.69, 9.17) is 13.9 Å². The van der Waals surface area contributed by atoms with Crippen LogP contribution in [0.1, 0.15) is 18.4 Å². The molecule has 2 aliphatic rings. The summed E-state index contributed by atoms with van der Waals surface area (Å²) in [6.07, 6.45) is 0. The molecule has 0 aliphatic carbocycles. The summed E-state index contributed by atoms with van der Waals surface area (Å²) in [4.78, 5) is 26.7. The average molecular weight is 392 g/mol. The first kappa shape index (κ1) is 17.2. The van der Waals surface area contributed by atoms with Crippen molar-refractivity contribution >= 4 is 11.9 Å². The number of imide groups is 1. The van der Waals surface area contributed by atoms with E-state index in [1.165, 1.54) is 0 Å². The number of hydrogen-bond acceptors (Lipinski definition) is 7. The second kappa shape index (κ2) is 6.33. The molecule has 0 bridgehead atoms. The van der Waals surface area contributed by atoms with Crippen LogP contribution in [0.5, 0.6) is 11.5 Å². The molecule has 5 rings (SSSR count). The van der Waals surface area contributed by atoms with Crippen LogP contribution in [0.15, 0.2) is 52.9 Å². The summed E-state index contributed by atoms with van der Waals surface area (Å²) in [5, 5.41) is 10.7. The molecule has 1 fully saturated rings. The van der Waals surface area contributed by atoms with Gasteiger partial charge in [-0.05, 0) is 36.8 Å². The number of nitrogens with zero attached hydrogens (tertiary/aromatic N) is 3. The Morgan fingerprint density at radius 3 is 2.69 bits per heavy atom. The molecule has 9 heteroatoms. The van der Waals surface area contributed by atoms with Gasteiger partial charge in [-0.1, -0.05) is 24.3 Å². The van der Waals surface area contributed by atoms with Gasteiger partial charge in [0.25, 0.3) is 5.91 Å². The van der Waals surface area contributed by atoms with Gasteiger partial charge in [-0.25, -0.2) is 4.79 Å². The van der Waals surface area contributed by atoms with Gasteiger partial charge in [-0.15, -0.1) is 10.2 Å². The van der Waals surface area contributed by atoms with Crippen molar-refractivity contribution in [3.63, 3.8) is 0 Å². The molecule has 1 aromatic heterocycles. The third-order valence-corrected chi connectivity index (χ3v) is 5.01. The van der Waals surface area contributed by atoms with Crippen LogP contribution in [0.25, 0.3) is 11.5 Å². The van der Waals surface area contributed by atoms with Crippen molar-refractivity contribution in [3.05, 3.63) is 60.0 Å². The molecule has 2 aliphatic heterocycles. The van der Waals surface area contributed by atoms with Gasteiger partial charge < -0.3 is 19.2 Å². The van der Waals surface area contributed by atoms with E-state index in [9.17, 15) is 9.59 Å². The number of urea groups is 1. The van der Waals surface area contributed by atoms with Gasteiger partial charge in [-0.3, -0.25) is 9.69 Å². The van der Waals surface area contributed by atoms with Crippen LogP contribution in [0.3, 0.4) is 0 Å². The number of carbonyl (C=O) groups is 2. The zero-order valence-corrected chi connectivity index (χ0v) is 15.4. The third kappa shape index (κ3) is 2.78. The third-order valence-electron chi connectivity index (χ3n) is 5.01. The first-order valence-electron chi connectivity index (χ1n) is 8.97. The van der Waals surface area contributed by atoms with Crippen molar-refractivity contribution in [1.29, 1.82) is 0 Å². The number of rotatable bonds is 4. The Morgan fingerprint density at radius 2 is 1.86 bits per heavy atom. The summed E-state index contributed by atoms with van der Waals surface area (Å²) in [6, 6.07) is 13.9. The van der Waals surface area contributed by atoms with Crippen LogP contribution in [0, 0.1) is 0 Å². The van der Waals surface area contributed by atoms with E-state index in [1.54, 1.807) is 25.1 Å². The SMILES string of the molecule is CC1(c2ccc3c(c2)OCO3)NC(=O)N(Cc2nnc(-c3ccccc3)o2)C1=O. The second-order valence-electron chi connectivity index (χ2n) is 6.88. The van der Waals surface area contributed by atoms with Gasteiger partial charge in [-0.2, -0.15) is 0 Å². The molecule has 0 spiro atoms. The van der Waals surface area contributed by atoms with Crippen molar-refractivity contribution < 1.29 is 23.5 Å². The van der Waals surface area contributed by atoms with Crippen molar-refractivity contribution in [2.75, 3.05) is 6.79 Å². The Morgan fingerprint density at radius 1 is 1.07 bits per heavy atom. The molecular formula is C20H16N4O5. The normalized spacial score (nSPS) is 20.2. The number of aromatic nitrogens is 2. The van der Waals surface area contributed by atoms with Crippen LogP contribution in [0.4, 0.5) is 4.79 Å². The molecule has 1 saturated heterocycles. The van der Waals surface area contributed by atoms with Gasteiger partial charge in [0.2, 0.25) is 18.6 Å². The van der Waals surface area contributed by atoms with Crippen molar-refractivity contribution in [2.24, 2.45) is 0 Å². The minimum absolute atomic E-state index is 0.120. The predicted octanol–water partition coefficient (Wildman–Crippen LogP) is 2.43. The van der Waals surface area contributed by atoms with E-state index in [-0.39, 0.29) is 19.2 Å². The maximum atomic E-state index is 13.1. The largest absolute Gasteiger partial charge is 0.454 e. The van der Waals surface area contributed by atoms with E-state index in [2.05, 4.69) is 15.5 Å². The highest BCUT2D eigenvalue weighted by Gasteiger charge is 2.49. The number of hydrogen-bond donors (Lipinski definition) is 1. The molecule has 0 radical (unpaired) electrons. The number of ether oxygens (including phenoxy) is 2. The van der Waals surface area contributed by atoms with Gasteiger partial charge in [0.1, 0.15) is 12.1 Å². The maximum Gasteiger partial charge on any atom is 0.325 e. The predicted molar refractivity (Wildman–Crippen MR) is 98.7 cm³/mol. The summed E-state index contributed by atoms with van der Waals surface area (Å²) < 4.78 is 16.3. The Labute approximate surface area is 165 Å². The highest BCUT2D eigenvalue weighted by molar-refractivity contribution is 6.07. The monoisotopic (exact) mass is 392 g/mol. The minimum Gasteiger partial charge on any atom is -0.454 e. The zero-order valence-electron chi connectivity index (χ0n) is 15.4. The summed E-state index contributed by atoms with van der Waals surface area (Å²) in [5.41, 5.74) is 0.118. The molecule has 1 N–H and O–H groups in total. The highest BCUT2D eigenvalue weighted by atomic mass is 16.7. The van der Waals surface area contributed by atoms with Crippen LogP contribution in [-0.4, -0.2) is 33.8 Å². The summed E-state index contributed by atoms with van der Waals surface area (Å²) in [5.74, 6) is 1.22. The first-order chi connectivity index (χ1) is 14.0. The smallest absolute Gasteiger partial charge is 0.325 e. The quantitative estimate of drug-likeness (QED) is 0.680. The van der Waals surface area contributed by atoms with E-state index in [0.29, 0.717) is 23.0 Å². The molecular weight excluding hydrogens is 376 g/mol. The Bertz CT molecular complexity index is 1110. The molecule has 0 saturated carbocycles. The van der Waals surface area contributed by atoms with Crippen molar-refractivity contribution in [2.45, 2.75) is 19.0 Å². The lowest BCUT2D eigenvalue weighted by atomic mass is 9.91. The number of benzene rings is 2. The highest BCUT2D eigenvalue weighted by Crippen LogP contribution is 2.38. The summed E-state index contributed by atoms with van der Waals surface area (Å²) in [6.45, 7) is 1.65. The lowest BCUT2D eigenvalue weighted by molar-refractivity contribution is -0.131. The molecule has 2 aromatic carbocycles. The van der Waals surface area contributed by atoms with Crippen LogP contribution in [0.2, 0.25) is 0 Å². The van der Waals surface area contributed by atoms with E-state index in [1.807, 2.05) is 30.3 Å². The Hall–Kier alpha value is -3.88. The molecule has 3 heterocycles. The number of amides is 3. The number of carbonyl (C=O) groups excluding carboxylic acids is 2. The van der Waals surface area contributed by atoms with Gasteiger partial charge in [0.15, 0.2) is 11.5 Å². The second-order valence-corrected chi connectivity index (χ2v) is 6.88. The number of fused-ring (bicyclic) bond motifs is 1. The molecule has 1 unspecified atom stereocenters. The van der Waals surface area contributed by atoms with E-state index < -0.39 is 17.5 Å². The zero-order chi connectivity index (χ0) is 20.0. The topological polar surface area (TPSA) is 107 Å². The summed E-state index contributed by atoms with van der Waals surface area (Å²) in [7, 11) is 0. The molecule has 1 atom stereocenters. The summed E-state index contributed by atoms with van der Waals surface area (Å²) >= 11 is 0. The maximum absolute atomic E-state index is 13.1. The standard InChI is InChI=1S/C20H16N4O5/c1-20(13-7-8-14-15(9-13)28-11-27-14)18(25)24(19(26)21-20)10-16-22-23-17(29-16)12-5-3-2-4-6-12/h2-9H,10-11H2,1H3,(H,21,26). The fourth-order valence-corrected chi connectivity index (χ4v) is 3.39. The molecule has 3 amide bonds. The fourth-order valence-electron chi connectivity index (χ4n) is 3.39. The van der Waals surface area contributed by atoms with E-state index >= 15 is 0 Å². The Balaban J connectivity index is 1.39. The molecule has 9 nitrogen and oxygen atoms in total. The molecule has 3 aromatic rings. The van der Waals surface area contributed by atoms with Gasteiger partial charge in [0, 0.05) is 5.56 Å². The number of nitrogens with one attached hydrogen (secondary N) is 1. The van der Waals surface area contributed by atoms with Gasteiger partial charge >= 0.3 is 6.03 Å². The van der Waals surface area contributed by atoms with Crippen LogP contribution >= 0.6 is 0 Å². The average Bonchev–Trinajstić information content (AvgIpc) is 3.44. The molecule has 29 heavy (non-hydrogen) atoms.